The number of carboxylic acid groups (broad SMARTS) is 1. The number of aryl methyl sites for hydroxylation is 2. The number of amides is 2. The number of carboxylic acids is 1. The van der Waals surface area contributed by atoms with Crippen LogP contribution >= 0.6 is 0 Å². The molecule has 0 radical (unpaired) electrons. The summed E-state index contributed by atoms with van der Waals surface area (Å²) in [5.74, 6) is 0.729. The molecule has 0 aliphatic heterocycles. The molecule has 2 amide bonds. The van der Waals surface area contributed by atoms with Crippen LogP contribution in [0.3, 0.4) is 0 Å². The van der Waals surface area contributed by atoms with Crippen LogP contribution in [-0.2, 0) is 4.79 Å². The number of hydrogen-bond acceptors (Lipinski definition) is 3. The molecule has 0 aromatic carbocycles. The van der Waals surface area contributed by atoms with Gasteiger partial charge in [-0.2, -0.15) is 0 Å². The summed E-state index contributed by atoms with van der Waals surface area (Å²) in [5, 5.41) is 14.1. The lowest BCUT2D eigenvalue weighted by molar-refractivity contribution is -0.137. The molecule has 6 nitrogen and oxygen atoms in total. The molecule has 0 saturated carbocycles. The molecule has 0 aliphatic rings. The minimum atomic E-state index is -0.864. The zero-order chi connectivity index (χ0) is 15.3. The highest BCUT2D eigenvalue weighted by molar-refractivity contribution is 5.75. The van der Waals surface area contributed by atoms with Gasteiger partial charge in [0.25, 0.3) is 0 Å². The van der Waals surface area contributed by atoms with Gasteiger partial charge in [0.2, 0.25) is 0 Å². The summed E-state index contributed by atoms with van der Waals surface area (Å²) in [6.07, 6.45) is 0.442. The first-order chi connectivity index (χ1) is 9.29. The van der Waals surface area contributed by atoms with Crippen molar-refractivity contribution in [2.45, 2.75) is 52.6 Å². The summed E-state index contributed by atoms with van der Waals surface area (Å²) in [6.45, 7) is 7.37. The Morgan fingerprint density at radius 2 is 1.95 bits per heavy atom. The van der Waals surface area contributed by atoms with Crippen LogP contribution in [0.2, 0.25) is 0 Å². The van der Waals surface area contributed by atoms with Crippen molar-refractivity contribution in [3.05, 3.63) is 23.2 Å². The molecule has 0 spiro atoms. The molecule has 3 N–H and O–H groups in total. The molecular formula is C14H22N2O4. The predicted octanol–water partition coefficient (Wildman–Crippen LogP) is 2.51. The number of carbonyl (C=O) groups is 2. The van der Waals surface area contributed by atoms with Crippen molar-refractivity contribution >= 4 is 12.0 Å². The number of furan rings is 1. The molecule has 1 aromatic heterocycles. The second-order valence-electron chi connectivity index (χ2n) is 5.04. The van der Waals surface area contributed by atoms with E-state index in [0.29, 0.717) is 6.42 Å². The quantitative estimate of drug-likeness (QED) is 0.747. The molecule has 2 unspecified atom stereocenters. The van der Waals surface area contributed by atoms with E-state index < -0.39 is 5.97 Å². The van der Waals surface area contributed by atoms with Gasteiger partial charge in [-0.1, -0.05) is 0 Å². The van der Waals surface area contributed by atoms with Gasteiger partial charge in [0.1, 0.15) is 11.5 Å². The van der Waals surface area contributed by atoms with Crippen molar-refractivity contribution in [3.8, 4) is 0 Å². The Labute approximate surface area is 118 Å². The summed E-state index contributed by atoms with van der Waals surface area (Å²) < 4.78 is 5.43. The number of urea groups is 1. The molecule has 2 atom stereocenters. The second kappa shape index (κ2) is 6.98. The molecule has 112 valence electrons. The molecule has 0 saturated heterocycles. The molecule has 20 heavy (non-hydrogen) atoms. The van der Waals surface area contributed by atoms with Crippen LogP contribution in [0, 0.1) is 13.8 Å². The van der Waals surface area contributed by atoms with Gasteiger partial charge in [-0.05, 0) is 40.2 Å². The van der Waals surface area contributed by atoms with Crippen LogP contribution in [0.5, 0.6) is 0 Å². The average Bonchev–Trinajstić information content (AvgIpc) is 2.65. The van der Waals surface area contributed by atoms with Crippen molar-refractivity contribution in [1.82, 2.24) is 10.6 Å². The SMILES string of the molecule is Cc1cc(C(C)NC(=O)NC(C)CCC(=O)O)c(C)o1. The Hall–Kier alpha value is -1.98. The van der Waals surface area contributed by atoms with E-state index >= 15 is 0 Å². The Kier molecular flexibility index (Phi) is 5.61. The topological polar surface area (TPSA) is 91.6 Å². The summed E-state index contributed by atoms with van der Waals surface area (Å²) in [5.41, 5.74) is 0.941. The molecule has 6 heteroatoms. The van der Waals surface area contributed by atoms with E-state index in [-0.39, 0.29) is 24.5 Å². The fourth-order valence-electron chi connectivity index (χ4n) is 2.03. The molecule has 1 heterocycles. The molecular weight excluding hydrogens is 260 g/mol. The third kappa shape index (κ3) is 4.95. The van der Waals surface area contributed by atoms with Gasteiger partial charge < -0.3 is 20.2 Å². The maximum Gasteiger partial charge on any atom is 0.315 e. The summed E-state index contributed by atoms with van der Waals surface area (Å²) >= 11 is 0. The van der Waals surface area contributed by atoms with E-state index in [1.54, 1.807) is 6.92 Å². The summed E-state index contributed by atoms with van der Waals surface area (Å²) in [6, 6.07) is 1.23. The Balaban J connectivity index is 2.45. The van der Waals surface area contributed by atoms with Crippen LogP contribution in [0.4, 0.5) is 4.79 Å². The fraction of sp³-hybridized carbons (Fsp3) is 0.571. The van der Waals surface area contributed by atoms with E-state index in [2.05, 4.69) is 10.6 Å². The summed E-state index contributed by atoms with van der Waals surface area (Å²) in [4.78, 5) is 22.3. The number of rotatable bonds is 6. The number of nitrogens with one attached hydrogen (secondary N) is 2. The van der Waals surface area contributed by atoms with E-state index in [9.17, 15) is 9.59 Å². The monoisotopic (exact) mass is 282 g/mol. The van der Waals surface area contributed by atoms with Gasteiger partial charge in [-0.3, -0.25) is 4.79 Å². The van der Waals surface area contributed by atoms with Gasteiger partial charge in [0, 0.05) is 18.0 Å². The highest BCUT2D eigenvalue weighted by Crippen LogP contribution is 2.20. The first-order valence-electron chi connectivity index (χ1n) is 6.65. The van der Waals surface area contributed by atoms with Gasteiger partial charge in [0.15, 0.2) is 0 Å². The number of hydrogen-bond donors (Lipinski definition) is 3. The smallest absolute Gasteiger partial charge is 0.315 e. The van der Waals surface area contributed by atoms with Gasteiger partial charge in [-0.15, -0.1) is 0 Å². The van der Waals surface area contributed by atoms with Gasteiger partial charge in [0.05, 0.1) is 6.04 Å². The number of aliphatic carboxylic acids is 1. The van der Waals surface area contributed by atoms with Crippen LogP contribution < -0.4 is 10.6 Å². The van der Waals surface area contributed by atoms with Crippen molar-refractivity contribution in [2.75, 3.05) is 0 Å². The fourth-order valence-corrected chi connectivity index (χ4v) is 2.03. The van der Waals surface area contributed by atoms with E-state index in [0.717, 1.165) is 17.1 Å². The van der Waals surface area contributed by atoms with Gasteiger partial charge in [-0.25, -0.2) is 4.79 Å². The molecule has 0 bridgehead atoms. The Morgan fingerprint density at radius 3 is 2.45 bits per heavy atom. The minimum Gasteiger partial charge on any atom is -0.481 e. The Morgan fingerprint density at radius 1 is 1.30 bits per heavy atom. The zero-order valence-electron chi connectivity index (χ0n) is 12.3. The molecule has 0 aliphatic carbocycles. The third-order valence-electron chi connectivity index (χ3n) is 3.06. The van der Waals surface area contributed by atoms with Crippen LogP contribution in [0.15, 0.2) is 10.5 Å². The lowest BCUT2D eigenvalue weighted by Crippen LogP contribution is -2.41. The van der Waals surface area contributed by atoms with Crippen LogP contribution in [0.25, 0.3) is 0 Å². The standard InChI is InChI=1S/C14H22N2O4/c1-8(5-6-13(17)18)15-14(19)16-10(3)12-7-9(2)20-11(12)4/h7-8,10H,5-6H2,1-4H3,(H,17,18)(H2,15,16,19). The highest BCUT2D eigenvalue weighted by Gasteiger charge is 2.16. The van der Waals surface area contributed by atoms with E-state index in [1.165, 1.54) is 0 Å². The van der Waals surface area contributed by atoms with E-state index in [1.807, 2.05) is 26.8 Å². The normalized spacial score (nSPS) is 13.6. The largest absolute Gasteiger partial charge is 0.481 e. The van der Waals surface area contributed by atoms with Crippen molar-refractivity contribution < 1.29 is 19.1 Å². The average molecular weight is 282 g/mol. The van der Waals surface area contributed by atoms with Crippen LogP contribution in [-0.4, -0.2) is 23.1 Å². The minimum absolute atomic E-state index is 0.0387. The van der Waals surface area contributed by atoms with Crippen molar-refractivity contribution in [2.24, 2.45) is 0 Å². The lowest BCUT2D eigenvalue weighted by atomic mass is 10.1. The first kappa shape index (κ1) is 16.1. The van der Waals surface area contributed by atoms with Gasteiger partial charge >= 0.3 is 12.0 Å². The molecule has 1 rings (SSSR count). The predicted molar refractivity (Wildman–Crippen MR) is 74.6 cm³/mol. The lowest BCUT2D eigenvalue weighted by Gasteiger charge is -2.17. The number of carbonyl (C=O) groups excluding carboxylic acids is 1. The van der Waals surface area contributed by atoms with Crippen LogP contribution in [0.1, 0.15) is 49.8 Å². The third-order valence-corrected chi connectivity index (χ3v) is 3.06. The highest BCUT2D eigenvalue weighted by atomic mass is 16.4. The maximum atomic E-state index is 11.8. The second-order valence-corrected chi connectivity index (χ2v) is 5.04. The Bertz CT molecular complexity index is 482. The maximum absolute atomic E-state index is 11.8. The first-order valence-corrected chi connectivity index (χ1v) is 6.65. The molecule has 1 aromatic rings. The van der Waals surface area contributed by atoms with Crippen molar-refractivity contribution in [1.29, 1.82) is 0 Å². The molecule has 0 fully saturated rings. The van der Waals surface area contributed by atoms with E-state index in [4.69, 9.17) is 9.52 Å². The van der Waals surface area contributed by atoms with Crippen molar-refractivity contribution in [3.63, 3.8) is 0 Å². The zero-order valence-corrected chi connectivity index (χ0v) is 12.3. The summed E-state index contributed by atoms with van der Waals surface area (Å²) in [7, 11) is 0.